The second-order valence-electron chi connectivity index (χ2n) is 3.72. The lowest BCUT2D eigenvalue weighted by atomic mass is 10.1. The molecule has 0 aliphatic carbocycles. The molecule has 1 N–H and O–H groups in total. The van der Waals surface area contributed by atoms with E-state index in [0.717, 1.165) is 19.3 Å². The van der Waals surface area contributed by atoms with Crippen LogP contribution in [0.25, 0.3) is 0 Å². The predicted molar refractivity (Wildman–Crippen MR) is 55.8 cm³/mol. The Balaban J connectivity index is 3.17. The van der Waals surface area contributed by atoms with E-state index in [1.165, 1.54) is 32.1 Å². The Labute approximate surface area is 82.2 Å². The first-order valence-electron chi connectivity index (χ1n) is 5.65. The highest BCUT2D eigenvalue weighted by atomic mass is 17.1. The van der Waals surface area contributed by atoms with Gasteiger partial charge in [0.1, 0.15) is 0 Å². The predicted octanol–water partition coefficient (Wildman–Crippen LogP) is 4.01. The fourth-order valence-corrected chi connectivity index (χ4v) is 1.55. The van der Waals surface area contributed by atoms with Gasteiger partial charge in [-0.2, -0.15) is 0 Å². The van der Waals surface area contributed by atoms with Crippen molar-refractivity contribution in [2.45, 2.75) is 71.3 Å². The van der Waals surface area contributed by atoms with Crippen molar-refractivity contribution in [2.75, 3.05) is 0 Å². The number of unbranched alkanes of at least 4 members (excludes halogenated alkanes) is 4. The molecule has 0 radical (unpaired) electrons. The molecule has 0 aromatic carbocycles. The number of rotatable bonds is 9. The van der Waals surface area contributed by atoms with Gasteiger partial charge in [0.25, 0.3) is 0 Å². The van der Waals surface area contributed by atoms with E-state index in [-0.39, 0.29) is 6.10 Å². The van der Waals surface area contributed by atoms with Crippen LogP contribution in [0.4, 0.5) is 0 Å². The second kappa shape index (κ2) is 10.0. The highest BCUT2D eigenvalue weighted by Crippen LogP contribution is 2.12. The highest BCUT2D eigenvalue weighted by Gasteiger charge is 2.06. The largest absolute Gasteiger partial charge is 0.252 e. The zero-order chi connectivity index (χ0) is 9.94. The first-order valence-corrected chi connectivity index (χ1v) is 5.65. The molecule has 0 aliphatic heterocycles. The van der Waals surface area contributed by atoms with Gasteiger partial charge < -0.3 is 0 Å². The fraction of sp³-hybridized carbons (Fsp3) is 1.00. The summed E-state index contributed by atoms with van der Waals surface area (Å²) in [6.45, 7) is 4.33. The molecule has 13 heavy (non-hydrogen) atoms. The minimum Gasteiger partial charge on any atom is -0.252 e. The quantitative estimate of drug-likeness (QED) is 0.336. The lowest BCUT2D eigenvalue weighted by molar-refractivity contribution is -0.281. The van der Waals surface area contributed by atoms with E-state index in [4.69, 9.17) is 5.26 Å². The van der Waals surface area contributed by atoms with Gasteiger partial charge in [-0.3, -0.25) is 5.26 Å². The molecule has 0 saturated carbocycles. The SMILES string of the molecule is CCCCCCCC(CCC)OO. The van der Waals surface area contributed by atoms with Gasteiger partial charge in [-0.1, -0.05) is 52.4 Å². The molecule has 0 spiro atoms. The van der Waals surface area contributed by atoms with E-state index in [1.807, 2.05) is 0 Å². The summed E-state index contributed by atoms with van der Waals surface area (Å²) in [6, 6.07) is 0. The monoisotopic (exact) mass is 188 g/mol. The second-order valence-corrected chi connectivity index (χ2v) is 3.72. The van der Waals surface area contributed by atoms with Crippen molar-refractivity contribution in [1.82, 2.24) is 0 Å². The van der Waals surface area contributed by atoms with Crippen molar-refractivity contribution < 1.29 is 10.1 Å². The zero-order valence-corrected chi connectivity index (χ0v) is 9.09. The molecule has 0 aromatic rings. The summed E-state index contributed by atoms with van der Waals surface area (Å²) in [4.78, 5) is 4.40. The Bertz CT molecular complexity index is 94.1. The Kier molecular flexibility index (Phi) is 9.94. The molecule has 2 heteroatoms. The molecule has 1 atom stereocenters. The molecule has 0 heterocycles. The van der Waals surface area contributed by atoms with E-state index in [2.05, 4.69) is 18.7 Å². The molecule has 0 fully saturated rings. The average Bonchev–Trinajstić information content (AvgIpc) is 2.16. The fourth-order valence-electron chi connectivity index (χ4n) is 1.55. The topological polar surface area (TPSA) is 29.5 Å². The molecule has 0 saturated heterocycles. The summed E-state index contributed by atoms with van der Waals surface area (Å²) in [5, 5.41) is 8.56. The summed E-state index contributed by atoms with van der Waals surface area (Å²) in [6.07, 6.45) is 9.54. The molecule has 80 valence electrons. The normalized spacial score (nSPS) is 13.2. The van der Waals surface area contributed by atoms with Crippen LogP contribution in [-0.4, -0.2) is 11.4 Å². The maximum Gasteiger partial charge on any atom is 0.0927 e. The van der Waals surface area contributed by atoms with Gasteiger partial charge in [0.2, 0.25) is 0 Å². The van der Waals surface area contributed by atoms with E-state index in [0.29, 0.717) is 0 Å². The van der Waals surface area contributed by atoms with E-state index in [9.17, 15) is 0 Å². The van der Waals surface area contributed by atoms with Crippen molar-refractivity contribution in [2.24, 2.45) is 0 Å². The van der Waals surface area contributed by atoms with E-state index < -0.39 is 0 Å². The van der Waals surface area contributed by atoms with Crippen molar-refractivity contribution in [3.05, 3.63) is 0 Å². The van der Waals surface area contributed by atoms with Crippen LogP contribution >= 0.6 is 0 Å². The third kappa shape index (κ3) is 8.26. The van der Waals surface area contributed by atoms with Gasteiger partial charge >= 0.3 is 0 Å². The van der Waals surface area contributed by atoms with Gasteiger partial charge in [0, 0.05) is 0 Å². The van der Waals surface area contributed by atoms with Crippen LogP contribution in [0.5, 0.6) is 0 Å². The lowest BCUT2D eigenvalue weighted by Crippen LogP contribution is -2.09. The molecule has 0 bridgehead atoms. The Hall–Kier alpha value is -0.0800. The third-order valence-electron chi connectivity index (χ3n) is 2.39. The van der Waals surface area contributed by atoms with Crippen molar-refractivity contribution in [3.63, 3.8) is 0 Å². The summed E-state index contributed by atoms with van der Waals surface area (Å²) >= 11 is 0. The third-order valence-corrected chi connectivity index (χ3v) is 2.39. The Morgan fingerprint density at radius 2 is 1.62 bits per heavy atom. The first kappa shape index (κ1) is 12.9. The Morgan fingerprint density at radius 3 is 2.15 bits per heavy atom. The number of hydrogen-bond acceptors (Lipinski definition) is 2. The molecule has 0 rings (SSSR count). The first-order chi connectivity index (χ1) is 6.35. The summed E-state index contributed by atoms with van der Waals surface area (Å²) in [5.74, 6) is 0. The Morgan fingerprint density at radius 1 is 0.923 bits per heavy atom. The number of hydrogen-bond donors (Lipinski definition) is 1. The zero-order valence-electron chi connectivity index (χ0n) is 9.09. The van der Waals surface area contributed by atoms with Crippen LogP contribution in [0.15, 0.2) is 0 Å². The standard InChI is InChI=1S/C11H24O2/c1-3-5-6-7-8-10-11(13-12)9-4-2/h11-12H,3-10H2,1-2H3. The molecule has 1 unspecified atom stereocenters. The molecule has 0 amide bonds. The van der Waals surface area contributed by atoms with Gasteiger partial charge in [-0.25, -0.2) is 4.89 Å². The van der Waals surface area contributed by atoms with Crippen molar-refractivity contribution in [1.29, 1.82) is 0 Å². The van der Waals surface area contributed by atoms with E-state index >= 15 is 0 Å². The molecule has 2 nitrogen and oxygen atoms in total. The highest BCUT2D eigenvalue weighted by molar-refractivity contribution is 4.56. The summed E-state index contributed by atoms with van der Waals surface area (Å²) in [5.41, 5.74) is 0. The van der Waals surface area contributed by atoms with Crippen LogP contribution in [0.1, 0.15) is 65.2 Å². The van der Waals surface area contributed by atoms with Crippen LogP contribution in [-0.2, 0) is 4.89 Å². The minimum absolute atomic E-state index is 0.0756. The average molecular weight is 188 g/mol. The minimum atomic E-state index is 0.0756. The molecule has 0 aromatic heterocycles. The molecule has 0 aliphatic rings. The van der Waals surface area contributed by atoms with Crippen LogP contribution in [0.2, 0.25) is 0 Å². The molecular weight excluding hydrogens is 164 g/mol. The van der Waals surface area contributed by atoms with Crippen molar-refractivity contribution >= 4 is 0 Å². The van der Waals surface area contributed by atoms with Gasteiger partial charge in [-0.05, 0) is 12.8 Å². The van der Waals surface area contributed by atoms with Crippen molar-refractivity contribution in [3.8, 4) is 0 Å². The van der Waals surface area contributed by atoms with Gasteiger partial charge in [0.05, 0.1) is 6.10 Å². The summed E-state index contributed by atoms with van der Waals surface area (Å²) < 4.78 is 0. The van der Waals surface area contributed by atoms with Gasteiger partial charge in [-0.15, -0.1) is 0 Å². The van der Waals surface area contributed by atoms with Gasteiger partial charge in [0.15, 0.2) is 0 Å². The van der Waals surface area contributed by atoms with Crippen LogP contribution in [0, 0.1) is 0 Å². The molecular formula is C11H24O2. The lowest BCUT2D eigenvalue weighted by Gasteiger charge is -2.11. The maximum absolute atomic E-state index is 8.56. The van der Waals surface area contributed by atoms with Crippen LogP contribution < -0.4 is 0 Å². The maximum atomic E-state index is 8.56. The van der Waals surface area contributed by atoms with Crippen LogP contribution in [0.3, 0.4) is 0 Å². The van der Waals surface area contributed by atoms with E-state index in [1.54, 1.807) is 0 Å². The summed E-state index contributed by atoms with van der Waals surface area (Å²) in [7, 11) is 0. The smallest absolute Gasteiger partial charge is 0.0927 e.